The van der Waals surface area contributed by atoms with E-state index in [1.54, 1.807) is 17.5 Å². The van der Waals surface area contributed by atoms with Crippen molar-refractivity contribution in [2.75, 3.05) is 7.11 Å². The molecule has 5 nitrogen and oxygen atoms in total. The first-order chi connectivity index (χ1) is 10.4. The Morgan fingerprint density at radius 3 is 2.73 bits per heavy atom. The zero-order valence-electron chi connectivity index (χ0n) is 11.1. The highest BCUT2D eigenvalue weighted by atomic mass is 32.1. The van der Waals surface area contributed by atoms with Gasteiger partial charge in [0.1, 0.15) is 0 Å². The number of esters is 1. The lowest BCUT2D eigenvalue weighted by Crippen LogP contribution is -2.14. The number of carbonyl (C=O) groups excluding carboxylic acids is 1. The number of nitrogens with zero attached hydrogens (tertiary/aromatic N) is 3. The number of ether oxygens (including phenoxy) is 1. The SMILES string of the molecule is COC(=O)c1cc2nc(-c3cccs3)cc(C(F)(F)F)n2n1. The van der Waals surface area contributed by atoms with Crippen molar-refractivity contribution in [2.24, 2.45) is 0 Å². The van der Waals surface area contributed by atoms with Crippen LogP contribution in [0, 0.1) is 0 Å². The summed E-state index contributed by atoms with van der Waals surface area (Å²) in [5, 5.41) is 5.38. The Morgan fingerprint density at radius 2 is 2.14 bits per heavy atom. The van der Waals surface area contributed by atoms with Gasteiger partial charge in [-0.3, -0.25) is 0 Å². The van der Waals surface area contributed by atoms with Gasteiger partial charge in [-0.25, -0.2) is 14.3 Å². The Balaban J connectivity index is 2.28. The molecular formula is C13H8F3N3O2S. The number of thiophene rings is 1. The van der Waals surface area contributed by atoms with Gasteiger partial charge in [-0.15, -0.1) is 11.3 Å². The van der Waals surface area contributed by atoms with Gasteiger partial charge in [0.2, 0.25) is 0 Å². The fourth-order valence-electron chi connectivity index (χ4n) is 1.93. The van der Waals surface area contributed by atoms with E-state index in [-0.39, 0.29) is 17.0 Å². The third-order valence-corrected chi connectivity index (χ3v) is 3.78. The van der Waals surface area contributed by atoms with Crippen molar-refractivity contribution in [2.45, 2.75) is 6.18 Å². The van der Waals surface area contributed by atoms with E-state index in [0.29, 0.717) is 9.39 Å². The first-order valence-electron chi connectivity index (χ1n) is 6.00. The molecule has 0 fully saturated rings. The van der Waals surface area contributed by atoms with Gasteiger partial charge in [0, 0.05) is 6.07 Å². The summed E-state index contributed by atoms with van der Waals surface area (Å²) in [6.07, 6.45) is -4.63. The van der Waals surface area contributed by atoms with Gasteiger partial charge < -0.3 is 4.74 Å². The predicted molar refractivity (Wildman–Crippen MR) is 72.6 cm³/mol. The molecule has 22 heavy (non-hydrogen) atoms. The maximum atomic E-state index is 13.2. The van der Waals surface area contributed by atoms with Crippen LogP contribution in [0.25, 0.3) is 16.2 Å². The normalized spacial score (nSPS) is 11.8. The number of hydrogen-bond acceptors (Lipinski definition) is 5. The smallest absolute Gasteiger partial charge is 0.433 e. The molecule has 0 N–H and O–H groups in total. The van der Waals surface area contributed by atoms with E-state index < -0.39 is 17.8 Å². The lowest BCUT2D eigenvalue weighted by atomic mass is 10.2. The molecule has 0 saturated heterocycles. The fourth-order valence-corrected chi connectivity index (χ4v) is 2.62. The molecule has 0 aromatic carbocycles. The second-order valence-electron chi connectivity index (χ2n) is 4.29. The van der Waals surface area contributed by atoms with Crippen LogP contribution < -0.4 is 0 Å². The molecule has 3 rings (SSSR count). The summed E-state index contributed by atoms with van der Waals surface area (Å²) in [5.41, 5.74) is -1.13. The van der Waals surface area contributed by atoms with Crippen molar-refractivity contribution in [1.29, 1.82) is 0 Å². The van der Waals surface area contributed by atoms with Crippen LogP contribution in [0.5, 0.6) is 0 Å². The second-order valence-corrected chi connectivity index (χ2v) is 5.24. The van der Waals surface area contributed by atoms with E-state index in [1.165, 1.54) is 11.3 Å². The minimum atomic E-state index is -4.63. The Morgan fingerprint density at radius 1 is 1.36 bits per heavy atom. The number of halogens is 3. The van der Waals surface area contributed by atoms with Crippen LogP contribution in [0.2, 0.25) is 0 Å². The number of methoxy groups -OCH3 is 1. The summed E-state index contributed by atoms with van der Waals surface area (Å²) in [4.78, 5) is 16.2. The molecule has 0 unspecified atom stereocenters. The summed E-state index contributed by atoms with van der Waals surface area (Å²) in [6, 6.07) is 5.46. The number of aromatic nitrogens is 3. The molecular weight excluding hydrogens is 319 g/mol. The molecule has 114 valence electrons. The van der Waals surface area contributed by atoms with Gasteiger partial charge in [-0.05, 0) is 17.5 Å². The van der Waals surface area contributed by atoms with Crippen molar-refractivity contribution >= 4 is 23.0 Å². The van der Waals surface area contributed by atoms with Gasteiger partial charge in [0.05, 0.1) is 17.7 Å². The molecule has 0 aliphatic carbocycles. The largest absolute Gasteiger partial charge is 0.464 e. The molecule has 0 aliphatic rings. The van der Waals surface area contributed by atoms with E-state index in [1.807, 2.05) is 0 Å². The molecule has 0 spiro atoms. The van der Waals surface area contributed by atoms with E-state index in [2.05, 4.69) is 14.8 Å². The predicted octanol–water partition coefficient (Wildman–Crippen LogP) is 3.26. The van der Waals surface area contributed by atoms with Gasteiger partial charge in [0.15, 0.2) is 17.0 Å². The minimum absolute atomic E-state index is 0.0707. The molecule has 0 aliphatic heterocycles. The van der Waals surface area contributed by atoms with Gasteiger partial charge >= 0.3 is 12.1 Å². The van der Waals surface area contributed by atoms with Crippen LogP contribution >= 0.6 is 11.3 Å². The lowest BCUT2D eigenvalue weighted by Gasteiger charge is -2.10. The zero-order chi connectivity index (χ0) is 15.9. The molecule has 0 saturated carbocycles. The second kappa shape index (κ2) is 5.09. The molecule has 0 atom stereocenters. The average molecular weight is 327 g/mol. The fraction of sp³-hybridized carbons (Fsp3) is 0.154. The van der Waals surface area contributed by atoms with Crippen LogP contribution in [0.1, 0.15) is 16.2 Å². The average Bonchev–Trinajstić information content (AvgIpc) is 3.12. The maximum absolute atomic E-state index is 13.2. The standard InChI is InChI=1S/C13H8F3N3O2S/c1-21-12(20)8-6-11-17-7(9-3-2-4-22-9)5-10(13(14,15)16)19(11)18-8/h2-6H,1H3. The Kier molecular flexibility index (Phi) is 3.36. The van der Waals surface area contributed by atoms with E-state index >= 15 is 0 Å². The molecule has 9 heteroatoms. The summed E-state index contributed by atoms with van der Waals surface area (Å²) < 4.78 is 44.8. The number of fused-ring (bicyclic) bond motifs is 1. The van der Waals surface area contributed by atoms with Crippen LogP contribution in [-0.2, 0) is 10.9 Å². The molecule has 3 heterocycles. The number of rotatable bonds is 2. The number of carbonyl (C=O) groups is 1. The molecule has 3 aromatic heterocycles. The monoisotopic (exact) mass is 327 g/mol. The van der Waals surface area contributed by atoms with Crippen molar-refractivity contribution in [3.05, 3.63) is 41.0 Å². The zero-order valence-corrected chi connectivity index (χ0v) is 11.9. The highest BCUT2D eigenvalue weighted by Gasteiger charge is 2.35. The van der Waals surface area contributed by atoms with Crippen molar-refractivity contribution < 1.29 is 22.7 Å². The Labute approximate surface area is 126 Å². The van der Waals surface area contributed by atoms with Crippen LogP contribution in [0.15, 0.2) is 29.6 Å². The topological polar surface area (TPSA) is 56.5 Å². The third kappa shape index (κ3) is 2.43. The first-order valence-corrected chi connectivity index (χ1v) is 6.88. The van der Waals surface area contributed by atoms with E-state index in [4.69, 9.17) is 0 Å². The quantitative estimate of drug-likeness (QED) is 0.678. The van der Waals surface area contributed by atoms with Crippen LogP contribution in [-0.4, -0.2) is 27.7 Å². The van der Waals surface area contributed by atoms with Crippen LogP contribution in [0.4, 0.5) is 13.2 Å². The van der Waals surface area contributed by atoms with Crippen molar-refractivity contribution in [3.63, 3.8) is 0 Å². The van der Waals surface area contributed by atoms with Crippen LogP contribution in [0.3, 0.4) is 0 Å². The van der Waals surface area contributed by atoms with E-state index in [9.17, 15) is 18.0 Å². The highest BCUT2D eigenvalue weighted by Crippen LogP contribution is 2.33. The maximum Gasteiger partial charge on any atom is 0.433 e. The molecule has 3 aromatic rings. The van der Waals surface area contributed by atoms with Gasteiger partial charge in [-0.2, -0.15) is 18.3 Å². The Hall–Kier alpha value is -2.42. The molecule has 0 radical (unpaired) electrons. The van der Waals surface area contributed by atoms with E-state index in [0.717, 1.165) is 19.2 Å². The number of alkyl halides is 3. The lowest BCUT2D eigenvalue weighted by molar-refractivity contribution is -0.142. The Bertz CT molecular complexity index is 840. The van der Waals surface area contributed by atoms with Crippen molar-refractivity contribution in [1.82, 2.24) is 14.6 Å². The molecule has 0 amide bonds. The van der Waals surface area contributed by atoms with Gasteiger partial charge in [0.25, 0.3) is 0 Å². The summed E-state index contributed by atoms with van der Waals surface area (Å²) in [7, 11) is 1.13. The summed E-state index contributed by atoms with van der Waals surface area (Å²) in [6.45, 7) is 0. The summed E-state index contributed by atoms with van der Waals surface area (Å²) >= 11 is 1.27. The molecule has 0 bridgehead atoms. The third-order valence-electron chi connectivity index (χ3n) is 2.89. The summed E-state index contributed by atoms with van der Waals surface area (Å²) in [5.74, 6) is -0.823. The van der Waals surface area contributed by atoms with Gasteiger partial charge in [-0.1, -0.05) is 6.07 Å². The van der Waals surface area contributed by atoms with Crippen molar-refractivity contribution in [3.8, 4) is 10.6 Å². The number of hydrogen-bond donors (Lipinski definition) is 0. The minimum Gasteiger partial charge on any atom is -0.464 e. The first kappa shape index (κ1) is 14.5. The highest BCUT2D eigenvalue weighted by molar-refractivity contribution is 7.13.